The quantitative estimate of drug-likeness (QED) is 0.359. The Morgan fingerprint density at radius 3 is 2.74 bits per heavy atom. The minimum Gasteiger partial charge on any atom is -0.379 e. The number of hydrogen-bond acceptors (Lipinski definition) is 3. The van der Waals surface area contributed by atoms with Crippen LogP contribution in [0.25, 0.3) is 0 Å². The van der Waals surface area contributed by atoms with Crippen molar-refractivity contribution in [3.63, 3.8) is 0 Å². The smallest absolute Gasteiger partial charge is 0.193 e. The van der Waals surface area contributed by atoms with Crippen molar-refractivity contribution in [1.29, 1.82) is 0 Å². The molecule has 23 heavy (non-hydrogen) atoms. The SMILES string of the molecule is CCNC(=NCCCCN1CCCC1)N(C)CCOCC1CC1. The Bertz CT molecular complexity index is 338. The van der Waals surface area contributed by atoms with Gasteiger partial charge in [0, 0.05) is 33.3 Å². The summed E-state index contributed by atoms with van der Waals surface area (Å²) in [5, 5.41) is 3.39. The molecule has 0 radical (unpaired) electrons. The van der Waals surface area contributed by atoms with Gasteiger partial charge in [0.15, 0.2) is 5.96 Å². The number of nitrogens with zero attached hydrogens (tertiary/aromatic N) is 3. The highest BCUT2D eigenvalue weighted by molar-refractivity contribution is 5.79. The van der Waals surface area contributed by atoms with E-state index in [1.807, 2.05) is 0 Å². The maximum absolute atomic E-state index is 5.73. The van der Waals surface area contributed by atoms with Crippen LogP contribution in [0.1, 0.15) is 45.4 Å². The summed E-state index contributed by atoms with van der Waals surface area (Å²) in [7, 11) is 2.10. The fraction of sp³-hybridized carbons (Fsp3) is 0.944. The van der Waals surface area contributed by atoms with Crippen LogP contribution in [0.5, 0.6) is 0 Å². The number of hydrogen-bond donors (Lipinski definition) is 1. The number of aliphatic imine (C=N–C) groups is 1. The van der Waals surface area contributed by atoms with E-state index in [2.05, 4.69) is 29.1 Å². The lowest BCUT2D eigenvalue weighted by Crippen LogP contribution is -2.40. The van der Waals surface area contributed by atoms with Gasteiger partial charge in [-0.3, -0.25) is 4.99 Å². The molecule has 5 heteroatoms. The highest BCUT2D eigenvalue weighted by atomic mass is 16.5. The zero-order valence-corrected chi connectivity index (χ0v) is 15.2. The fourth-order valence-corrected chi connectivity index (χ4v) is 2.95. The third kappa shape index (κ3) is 8.02. The molecular weight excluding hydrogens is 288 g/mol. The molecular formula is C18H36N4O. The molecule has 1 aliphatic carbocycles. The predicted molar refractivity (Wildman–Crippen MR) is 97.1 cm³/mol. The number of nitrogens with one attached hydrogen (secondary N) is 1. The zero-order valence-electron chi connectivity index (χ0n) is 15.2. The molecule has 1 saturated heterocycles. The molecule has 2 aliphatic rings. The molecule has 0 amide bonds. The maximum atomic E-state index is 5.73. The number of guanidine groups is 1. The van der Waals surface area contributed by atoms with E-state index in [1.165, 1.54) is 58.2 Å². The largest absolute Gasteiger partial charge is 0.379 e. The topological polar surface area (TPSA) is 40.1 Å². The number of likely N-dealkylation sites (tertiary alicyclic amines) is 1. The van der Waals surface area contributed by atoms with Crippen molar-refractivity contribution in [2.75, 3.05) is 59.5 Å². The van der Waals surface area contributed by atoms with E-state index in [0.29, 0.717) is 0 Å². The molecule has 134 valence electrons. The zero-order chi connectivity index (χ0) is 16.3. The third-order valence-electron chi connectivity index (χ3n) is 4.66. The van der Waals surface area contributed by atoms with E-state index in [9.17, 15) is 0 Å². The summed E-state index contributed by atoms with van der Waals surface area (Å²) in [5.41, 5.74) is 0. The van der Waals surface area contributed by atoms with Crippen molar-refractivity contribution >= 4 is 5.96 Å². The van der Waals surface area contributed by atoms with Crippen molar-refractivity contribution in [2.24, 2.45) is 10.9 Å². The second kappa shape index (κ2) is 10.9. The molecule has 1 saturated carbocycles. The Balaban J connectivity index is 1.57. The van der Waals surface area contributed by atoms with Crippen molar-refractivity contribution in [3.8, 4) is 0 Å². The van der Waals surface area contributed by atoms with E-state index in [0.717, 1.165) is 44.7 Å². The van der Waals surface area contributed by atoms with E-state index in [1.54, 1.807) is 0 Å². The van der Waals surface area contributed by atoms with Crippen LogP contribution in [0.15, 0.2) is 4.99 Å². The summed E-state index contributed by atoms with van der Waals surface area (Å²) in [6.45, 7) is 10.5. The highest BCUT2D eigenvalue weighted by Crippen LogP contribution is 2.28. The van der Waals surface area contributed by atoms with Gasteiger partial charge in [0.25, 0.3) is 0 Å². The molecule has 0 unspecified atom stereocenters. The van der Waals surface area contributed by atoms with Gasteiger partial charge in [-0.25, -0.2) is 0 Å². The van der Waals surface area contributed by atoms with Crippen LogP contribution < -0.4 is 5.32 Å². The molecule has 0 aromatic carbocycles. The molecule has 0 aromatic rings. The molecule has 2 rings (SSSR count). The summed E-state index contributed by atoms with van der Waals surface area (Å²) in [6, 6.07) is 0. The minimum atomic E-state index is 0.798. The number of likely N-dealkylation sites (N-methyl/N-ethyl adjacent to an activating group) is 1. The van der Waals surface area contributed by atoms with Crippen LogP contribution in [-0.4, -0.2) is 75.3 Å². The van der Waals surface area contributed by atoms with Gasteiger partial charge in [0.1, 0.15) is 0 Å². The monoisotopic (exact) mass is 324 g/mol. The van der Waals surface area contributed by atoms with Gasteiger partial charge < -0.3 is 19.9 Å². The van der Waals surface area contributed by atoms with Crippen molar-refractivity contribution < 1.29 is 4.74 Å². The van der Waals surface area contributed by atoms with E-state index in [4.69, 9.17) is 9.73 Å². The van der Waals surface area contributed by atoms with Crippen molar-refractivity contribution in [1.82, 2.24) is 15.1 Å². The molecule has 0 spiro atoms. The maximum Gasteiger partial charge on any atom is 0.193 e. The van der Waals surface area contributed by atoms with Crippen LogP contribution in [0.2, 0.25) is 0 Å². The molecule has 5 nitrogen and oxygen atoms in total. The average Bonchev–Trinajstić information content (AvgIpc) is 3.23. The standard InChI is InChI=1S/C18H36N4O/c1-3-19-18(21(2)14-15-23-16-17-8-9-17)20-10-4-5-11-22-12-6-7-13-22/h17H,3-16H2,1-2H3,(H,19,20). The van der Waals surface area contributed by atoms with Gasteiger partial charge in [-0.15, -0.1) is 0 Å². The van der Waals surface area contributed by atoms with Crippen molar-refractivity contribution in [3.05, 3.63) is 0 Å². The first kappa shape index (κ1) is 18.5. The Labute approximate surface area is 142 Å². The van der Waals surface area contributed by atoms with Gasteiger partial charge in [0.2, 0.25) is 0 Å². The van der Waals surface area contributed by atoms with Crippen LogP contribution in [-0.2, 0) is 4.74 Å². The van der Waals surface area contributed by atoms with Gasteiger partial charge >= 0.3 is 0 Å². The van der Waals surface area contributed by atoms with Gasteiger partial charge in [-0.05, 0) is 71.0 Å². The summed E-state index contributed by atoms with van der Waals surface area (Å²) in [5.74, 6) is 1.86. The van der Waals surface area contributed by atoms with Gasteiger partial charge in [0.05, 0.1) is 6.61 Å². The summed E-state index contributed by atoms with van der Waals surface area (Å²) >= 11 is 0. The molecule has 2 fully saturated rings. The lowest BCUT2D eigenvalue weighted by molar-refractivity contribution is 0.115. The Morgan fingerprint density at radius 1 is 1.26 bits per heavy atom. The summed E-state index contributed by atoms with van der Waals surface area (Å²) in [4.78, 5) is 9.53. The molecule has 0 bridgehead atoms. The molecule has 0 aromatic heterocycles. The Hall–Kier alpha value is -0.810. The van der Waals surface area contributed by atoms with E-state index in [-0.39, 0.29) is 0 Å². The predicted octanol–water partition coefficient (Wildman–Crippen LogP) is 2.19. The second-order valence-electron chi connectivity index (χ2n) is 6.93. The second-order valence-corrected chi connectivity index (χ2v) is 6.93. The average molecular weight is 325 g/mol. The van der Waals surface area contributed by atoms with Crippen molar-refractivity contribution in [2.45, 2.75) is 45.4 Å². The first-order chi connectivity index (χ1) is 11.3. The lowest BCUT2D eigenvalue weighted by atomic mass is 10.3. The molecule has 1 heterocycles. The van der Waals surface area contributed by atoms with Gasteiger partial charge in [-0.2, -0.15) is 0 Å². The third-order valence-corrected chi connectivity index (χ3v) is 4.66. The minimum absolute atomic E-state index is 0.798. The normalized spacial score (nSPS) is 19.3. The highest BCUT2D eigenvalue weighted by Gasteiger charge is 2.21. The molecule has 0 atom stereocenters. The van der Waals surface area contributed by atoms with Crippen LogP contribution >= 0.6 is 0 Å². The Kier molecular flexibility index (Phi) is 8.76. The molecule has 1 aliphatic heterocycles. The summed E-state index contributed by atoms with van der Waals surface area (Å²) in [6.07, 6.45) is 7.93. The van der Waals surface area contributed by atoms with E-state index >= 15 is 0 Å². The number of ether oxygens (including phenoxy) is 1. The number of unbranched alkanes of at least 4 members (excludes halogenated alkanes) is 1. The first-order valence-electron chi connectivity index (χ1n) is 9.59. The fourth-order valence-electron chi connectivity index (χ4n) is 2.95. The lowest BCUT2D eigenvalue weighted by Gasteiger charge is -2.22. The number of rotatable bonds is 11. The molecule has 1 N–H and O–H groups in total. The Morgan fingerprint density at radius 2 is 2.04 bits per heavy atom. The summed E-state index contributed by atoms with van der Waals surface area (Å²) < 4.78 is 5.73. The van der Waals surface area contributed by atoms with Crippen LogP contribution in [0.4, 0.5) is 0 Å². The van der Waals surface area contributed by atoms with Crippen LogP contribution in [0, 0.1) is 5.92 Å². The van der Waals surface area contributed by atoms with Crippen LogP contribution in [0.3, 0.4) is 0 Å². The van der Waals surface area contributed by atoms with E-state index < -0.39 is 0 Å². The van der Waals surface area contributed by atoms with Gasteiger partial charge in [-0.1, -0.05) is 0 Å². The first-order valence-corrected chi connectivity index (χ1v) is 9.59.